The molecular formula is C22H25N3O5. The molecule has 1 aromatic heterocycles. The summed E-state index contributed by atoms with van der Waals surface area (Å²) in [5.41, 5.74) is 5.74. The lowest BCUT2D eigenvalue weighted by molar-refractivity contribution is -0.140. The van der Waals surface area contributed by atoms with Gasteiger partial charge in [-0.25, -0.2) is 4.79 Å². The number of nitrogens with one attached hydrogen (secondary N) is 2. The van der Waals surface area contributed by atoms with E-state index in [1.165, 1.54) is 6.92 Å². The normalized spacial score (nSPS) is 15.2. The molecule has 0 radical (unpaired) electrons. The third kappa shape index (κ3) is 4.61. The molecule has 0 aliphatic rings. The number of benzene rings is 2. The third-order valence-corrected chi connectivity index (χ3v) is 5.04. The number of H-pyrrole nitrogens is 1. The van der Waals surface area contributed by atoms with Crippen LogP contribution in [0.5, 0.6) is 0 Å². The number of hydrogen-bond donors (Lipinski definition) is 5. The Hall–Kier alpha value is -3.36. The number of aliphatic hydroxyl groups is 2. The molecule has 8 nitrogen and oxygen atoms in total. The van der Waals surface area contributed by atoms with Gasteiger partial charge in [-0.1, -0.05) is 48.5 Å². The molecule has 3 aromatic rings. The Kier molecular flexibility index (Phi) is 6.39. The van der Waals surface area contributed by atoms with Crippen molar-refractivity contribution in [2.24, 2.45) is 5.73 Å². The first-order chi connectivity index (χ1) is 14.3. The molecule has 8 heteroatoms. The number of carbonyl (C=O) groups is 2. The van der Waals surface area contributed by atoms with Crippen molar-refractivity contribution in [3.63, 3.8) is 0 Å². The number of nitrogens with two attached hydrogens (primary N) is 1. The quantitative estimate of drug-likeness (QED) is 0.385. The zero-order valence-electron chi connectivity index (χ0n) is 16.5. The van der Waals surface area contributed by atoms with Gasteiger partial charge in [0, 0.05) is 23.5 Å². The Morgan fingerprint density at radius 2 is 1.83 bits per heavy atom. The topological polar surface area (TPSA) is 138 Å². The van der Waals surface area contributed by atoms with Crippen molar-refractivity contribution in [1.29, 1.82) is 0 Å². The van der Waals surface area contributed by atoms with Crippen molar-refractivity contribution in [2.45, 2.75) is 31.1 Å². The molecule has 3 unspecified atom stereocenters. The fourth-order valence-electron chi connectivity index (χ4n) is 3.45. The molecule has 2 amide bonds. The third-order valence-electron chi connectivity index (χ3n) is 5.04. The molecule has 3 atom stereocenters. The molecule has 0 aliphatic heterocycles. The summed E-state index contributed by atoms with van der Waals surface area (Å²) in [6, 6.07) is 15.2. The molecule has 2 aromatic carbocycles. The van der Waals surface area contributed by atoms with Gasteiger partial charge < -0.3 is 31.0 Å². The van der Waals surface area contributed by atoms with Crippen LogP contribution in [0.25, 0.3) is 10.9 Å². The van der Waals surface area contributed by atoms with E-state index in [4.69, 9.17) is 10.5 Å². The molecule has 158 valence electrons. The largest absolute Gasteiger partial charge is 0.433 e. The van der Waals surface area contributed by atoms with Crippen molar-refractivity contribution in [1.82, 2.24) is 10.3 Å². The Labute approximate surface area is 173 Å². The summed E-state index contributed by atoms with van der Waals surface area (Å²) in [4.78, 5) is 27.7. The maximum absolute atomic E-state index is 13.1. The number of amides is 2. The number of carbonyl (C=O) groups excluding carboxylic acids is 2. The summed E-state index contributed by atoms with van der Waals surface area (Å²) in [7, 11) is 0. The van der Waals surface area contributed by atoms with Gasteiger partial charge in [-0.3, -0.25) is 4.79 Å². The van der Waals surface area contributed by atoms with Crippen LogP contribution in [0.3, 0.4) is 0 Å². The van der Waals surface area contributed by atoms with Gasteiger partial charge in [-0.2, -0.15) is 0 Å². The minimum atomic E-state index is -1.65. The molecule has 0 saturated carbocycles. The predicted molar refractivity (Wildman–Crippen MR) is 111 cm³/mol. The average Bonchev–Trinajstić information content (AvgIpc) is 3.14. The lowest BCUT2D eigenvalue weighted by Crippen LogP contribution is -2.54. The molecule has 0 fully saturated rings. The van der Waals surface area contributed by atoms with Gasteiger partial charge in [0.15, 0.2) is 5.60 Å². The van der Waals surface area contributed by atoms with E-state index in [9.17, 15) is 19.8 Å². The maximum atomic E-state index is 13.1. The van der Waals surface area contributed by atoms with E-state index < -0.39 is 36.4 Å². The summed E-state index contributed by atoms with van der Waals surface area (Å²) in [5, 5.41) is 23.8. The van der Waals surface area contributed by atoms with Crippen LogP contribution in [0, 0.1) is 0 Å². The van der Waals surface area contributed by atoms with E-state index in [1.807, 2.05) is 24.3 Å². The number of primary amides is 1. The van der Waals surface area contributed by atoms with Crippen LogP contribution in [0.4, 0.5) is 4.79 Å². The number of aromatic nitrogens is 1. The Morgan fingerprint density at radius 3 is 2.50 bits per heavy atom. The SMILES string of the molecule is CC(Cc1c[nH]c2ccccc12)(OC(N)=O)C(=O)NC(CO)C(O)c1ccccc1. The number of hydrogen-bond acceptors (Lipinski definition) is 5. The monoisotopic (exact) mass is 411 g/mol. The lowest BCUT2D eigenvalue weighted by atomic mass is 9.93. The smallest absolute Gasteiger partial charge is 0.405 e. The molecule has 0 spiro atoms. The van der Waals surface area contributed by atoms with Crippen molar-refractivity contribution < 1.29 is 24.5 Å². The van der Waals surface area contributed by atoms with Crippen LogP contribution in [-0.2, 0) is 16.0 Å². The fourth-order valence-corrected chi connectivity index (χ4v) is 3.45. The van der Waals surface area contributed by atoms with Gasteiger partial charge in [0.2, 0.25) is 0 Å². The van der Waals surface area contributed by atoms with Gasteiger partial charge in [-0.15, -0.1) is 0 Å². The highest BCUT2D eigenvalue weighted by molar-refractivity contribution is 5.89. The van der Waals surface area contributed by atoms with Gasteiger partial charge in [0.05, 0.1) is 12.6 Å². The summed E-state index contributed by atoms with van der Waals surface area (Å²) in [6.45, 7) is 0.930. The Morgan fingerprint density at radius 1 is 1.17 bits per heavy atom. The first-order valence-electron chi connectivity index (χ1n) is 9.52. The lowest BCUT2D eigenvalue weighted by Gasteiger charge is -2.31. The van der Waals surface area contributed by atoms with E-state index in [1.54, 1.807) is 36.5 Å². The minimum Gasteiger partial charge on any atom is -0.433 e. The second-order valence-corrected chi connectivity index (χ2v) is 7.31. The zero-order chi connectivity index (χ0) is 21.7. The first-order valence-corrected chi connectivity index (χ1v) is 9.52. The van der Waals surface area contributed by atoms with Crippen molar-refractivity contribution in [3.8, 4) is 0 Å². The van der Waals surface area contributed by atoms with Crippen LogP contribution >= 0.6 is 0 Å². The molecule has 6 N–H and O–H groups in total. The number of ether oxygens (including phenoxy) is 1. The molecule has 0 aliphatic carbocycles. The van der Waals surface area contributed by atoms with E-state index in [2.05, 4.69) is 10.3 Å². The van der Waals surface area contributed by atoms with E-state index in [0.29, 0.717) is 5.56 Å². The fraction of sp³-hybridized carbons (Fsp3) is 0.273. The van der Waals surface area contributed by atoms with Gasteiger partial charge in [0.1, 0.15) is 6.10 Å². The molecule has 30 heavy (non-hydrogen) atoms. The van der Waals surface area contributed by atoms with Crippen molar-refractivity contribution in [3.05, 3.63) is 71.9 Å². The number of aromatic amines is 1. The average molecular weight is 411 g/mol. The number of rotatable bonds is 8. The van der Waals surface area contributed by atoms with E-state index in [-0.39, 0.29) is 6.42 Å². The van der Waals surface area contributed by atoms with E-state index in [0.717, 1.165) is 16.5 Å². The van der Waals surface area contributed by atoms with Crippen molar-refractivity contribution in [2.75, 3.05) is 6.61 Å². The van der Waals surface area contributed by atoms with Gasteiger partial charge in [0.25, 0.3) is 5.91 Å². The maximum Gasteiger partial charge on any atom is 0.405 e. The summed E-state index contributed by atoms with van der Waals surface area (Å²) in [5.74, 6) is -0.680. The van der Waals surface area contributed by atoms with Crippen LogP contribution in [0.1, 0.15) is 24.2 Å². The summed E-state index contributed by atoms with van der Waals surface area (Å²) >= 11 is 0. The zero-order valence-corrected chi connectivity index (χ0v) is 16.5. The highest BCUT2D eigenvalue weighted by Gasteiger charge is 2.40. The second kappa shape index (κ2) is 8.98. The van der Waals surface area contributed by atoms with Crippen LogP contribution in [0.2, 0.25) is 0 Å². The molecule has 3 rings (SSSR count). The van der Waals surface area contributed by atoms with Crippen LogP contribution in [0.15, 0.2) is 60.8 Å². The van der Waals surface area contributed by atoms with E-state index >= 15 is 0 Å². The number of fused-ring (bicyclic) bond motifs is 1. The summed E-state index contributed by atoms with van der Waals surface area (Å²) < 4.78 is 5.20. The molecule has 1 heterocycles. The highest BCUT2D eigenvalue weighted by atomic mass is 16.6. The molecular weight excluding hydrogens is 386 g/mol. The highest BCUT2D eigenvalue weighted by Crippen LogP contribution is 2.26. The van der Waals surface area contributed by atoms with Gasteiger partial charge in [-0.05, 0) is 24.1 Å². The van der Waals surface area contributed by atoms with Crippen molar-refractivity contribution >= 4 is 22.9 Å². The second-order valence-electron chi connectivity index (χ2n) is 7.31. The van der Waals surface area contributed by atoms with Crippen LogP contribution in [-0.4, -0.2) is 45.4 Å². The minimum absolute atomic E-state index is 0.0470. The molecule has 0 bridgehead atoms. The predicted octanol–water partition coefficient (Wildman–Crippen LogP) is 1.78. The van der Waals surface area contributed by atoms with Crippen LogP contribution < -0.4 is 11.1 Å². The Bertz CT molecular complexity index is 1020. The first kappa shape index (κ1) is 21.4. The number of aliphatic hydroxyl groups excluding tert-OH is 2. The van der Waals surface area contributed by atoms with Gasteiger partial charge >= 0.3 is 6.09 Å². The summed E-state index contributed by atoms with van der Waals surface area (Å²) in [6.07, 6.45) is -0.462. The standard InChI is InChI=1S/C22H25N3O5/c1-22(30-21(23)29,11-15-12-24-17-10-6-5-9-16(15)17)20(28)25-18(13-26)19(27)14-7-3-2-4-8-14/h2-10,12,18-19,24,26-27H,11,13H2,1H3,(H2,23,29)(H,25,28). The Balaban J connectivity index is 1.84. The number of para-hydroxylation sites is 1. The molecule has 0 saturated heterocycles.